The Morgan fingerprint density at radius 1 is 0.905 bits per heavy atom. The van der Waals surface area contributed by atoms with Crippen LogP contribution in [0.15, 0.2) is 48.5 Å². The Morgan fingerprint density at radius 3 is 2.19 bits per heavy atom. The van der Waals surface area contributed by atoms with Crippen molar-refractivity contribution in [2.45, 2.75) is 26.7 Å². The van der Waals surface area contributed by atoms with Crippen LogP contribution in [0.3, 0.4) is 0 Å². The Hall–Kier alpha value is -2.29. The predicted molar refractivity (Wildman–Crippen MR) is 83.4 cm³/mol. The molecular formula is C18H20O3. The van der Waals surface area contributed by atoms with Crippen molar-refractivity contribution in [1.82, 2.24) is 0 Å². The molecule has 0 aliphatic rings. The Morgan fingerprint density at radius 2 is 1.52 bits per heavy atom. The van der Waals surface area contributed by atoms with Crippen LogP contribution in [0.25, 0.3) is 0 Å². The van der Waals surface area contributed by atoms with E-state index in [0.717, 1.165) is 6.42 Å². The number of carbonyl (C=O) groups is 1. The number of hydrogen-bond acceptors (Lipinski definition) is 3. The fourth-order valence-electron chi connectivity index (χ4n) is 1.96. The maximum atomic E-state index is 12.0. The van der Waals surface area contributed by atoms with Gasteiger partial charge < -0.3 is 9.47 Å². The van der Waals surface area contributed by atoms with E-state index in [1.54, 1.807) is 12.1 Å². The summed E-state index contributed by atoms with van der Waals surface area (Å²) in [5.41, 5.74) is 0.602. The van der Waals surface area contributed by atoms with Crippen LogP contribution in [0.1, 0.15) is 37.0 Å². The van der Waals surface area contributed by atoms with Crippen LogP contribution in [0.5, 0.6) is 17.2 Å². The lowest BCUT2D eigenvalue weighted by atomic mass is 10.1. The number of ether oxygens (including phenoxy) is 2. The van der Waals surface area contributed by atoms with Gasteiger partial charge >= 0.3 is 0 Å². The molecule has 0 amide bonds. The molecule has 3 heteroatoms. The maximum absolute atomic E-state index is 12.0. The van der Waals surface area contributed by atoms with Crippen molar-refractivity contribution in [3.05, 3.63) is 54.1 Å². The van der Waals surface area contributed by atoms with Crippen molar-refractivity contribution in [2.24, 2.45) is 0 Å². The predicted octanol–water partition coefficient (Wildman–Crippen LogP) is 4.86. The second kappa shape index (κ2) is 7.48. The van der Waals surface area contributed by atoms with Crippen LogP contribution >= 0.6 is 0 Å². The first-order chi connectivity index (χ1) is 10.3. The van der Waals surface area contributed by atoms with Crippen molar-refractivity contribution in [2.75, 3.05) is 6.61 Å². The minimum Gasteiger partial charge on any atom is -0.490 e. The van der Waals surface area contributed by atoms with E-state index in [4.69, 9.17) is 9.47 Å². The lowest BCUT2D eigenvalue weighted by Crippen LogP contribution is -2.01. The largest absolute Gasteiger partial charge is 0.490 e. The highest BCUT2D eigenvalue weighted by molar-refractivity contribution is 5.98. The van der Waals surface area contributed by atoms with E-state index in [1.165, 1.54) is 0 Å². The average Bonchev–Trinajstić information content (AvgIpc) is 2.54. The summed E-state index contributed by atoms with van der Waals surface area (Å²) < 4.78 is 11.6. The first-order valence-electron chi connectivity index (χ1n) is 7.28. The van der Waals surface area contributed by atoms with Gasteiger partial charge in [0, 0.05) is 6.42 Å². The molecule has 2 aromatic carbocycles. The van der Waals surface area contributed by atoms with Gasteiger partial charge in [-0.3, -0.25) is 4.79 Å². The van der Waals surface area contributed by atoms with E-state index < -0.39 is 0 Å². The smallest absolute Gasteiger partial charge is 0.169 e. The molecule has 3 nitrogen and oxygen atoms in total. The van der Waals surface area contributed by atoms with Gasteiger partial charge in [0.15, 0.2) is 17.3 Å². The topological polar surface area (TPSA) is 35.5 Å². The quantitative estimate of drug-likeness (QED) is 0.681. The highest BCUT2D eigenvalue weighted by atomic mass is 16.5. The van der Waals surface area contributed by atoms with E-state index in [1.807, 2.05) is 43.3 Å². The second-order valence-electron chi connectivity index (χ2n) is 4.67. The Kier molecular flexibility index (Phi) is 5.38. The Bertz CT molecular complexity index is 605. The molecule has 2 aromatic rings. The van der Waals surface area contributed by atoms with E-state index in [2.05, 4.69) is 6.92 Å². The molecule has 0 saturated carbocycles. The van der Waals surface area contributed by atoms with E-state index in [0.29, 0.717) is 35.8 Å². The highest BCUT2D eigenvalue weighted by Gasteiger charge is 2.12. The second-order valence-corrected chi connectivity index (χ2v) is 4.67. The molecule has 110 valence electrons. The summed E-state index contributed by atoms with van der Waals surface area (Å²) in [5.74, 6) is 1.95. The first kappa shape index (κ1) is 15.1. The monoisotopic (exact) mass is 284 g/mol. The number of ketones is 1. The van der Waals surface area contributed by atoms with Crippen LogP contribution in [-0.4, -0.2) is 12.4 Å². The summed E-state index contributed by atoms with van der Waals surface area (Å²) in [5, 5.41) is 0. The van der Waals surface area contributed by atoms with Gasteiger partial charge in [0.2, 0.25) is 0 Å². The molecular weight excluding hydrogens is 264 g/mol. The van der Waals surface area contributed by atoms with Gasteiger partial charge in [0.05, 0.1) is 12.2 Å². The summed E-state index contributed by atoms with van der Waals surface area (Å²) in [6.45, 7) is 4.53. The zero-order chi connectivity index (χ0) is 15.1. The van der Waals surface area contributed by atoms with E-state index >= 15 is 0 Å². The standard InChI is InChI=1S/C18H20O3/c1-3-13-20-17-11-7-8-12-18(17)21-16-10-6-5-9-14(16)15(19)4-2/h5-12H,3-4,13H2,1-2H3. The summed E-state index contributed by atoms with van der Waals surface area (Å²) in [4.78, 5) is 12.0. The molecule has 0 aromatic heterocycles. The molecule has 0 unspecified atom stereocenters. The molecule has 0 aliphatic heterocycles. The zero-order valence-corrected chi connectivity index (χ0v) is 12.5. The summed E-state index contributed by atoms with van der Waals surface area (Å²) >= 11 is 0. The van der Waals surface area contributed by atoms with E-state index in [9.17, 15) is 4.79 Å². The van der Waals surface area contributed by atoms with Crippen LogP contribution < -0.4 is 9.47 Å². The number of para-hydroxylation sites is 3. The first-order valence-corrected chi connectivity index (χ1v) is 7.28. The van der Waals surface area contributed by atoms with Crippen molar-refractivity contribution >= 4 is 5.78 Å². The molecule has 0 bridgehead atoms. The summed E-state index contributed by atoms with van der Waals surface area (Å²) in [6, 6.07) is 14.8. The highest BCUT2D eigenvalue weighted by Crippen LogP contribution is 2.33. The molecule has 0 N–H and O–H groups in total. The van der Waals surface area contributed by atoms with Crippen molar-refractivity contribution in [1.29, 1.82) is 0 Å². The lowest BCUT2D eigenvalue weighted by molar-refractivity contribution is 0.0986. The zero-order valence-electron chi connectivity index (χ0n) is 12.5. The van der Waals surface area contributed by atoms with Gasteiger partial charge in [-0.25, -0.2) is 0 Å². The molecule has 21 heavy (non-hydrogen) atoms. The SMILES string of the molecule is CCCOc1ccccc1Oc1ccccc1C(=O)CC. The van der Waals surface area contributed by atoms with Gasteiger partial charge in [0.1, 0.15) is 5.75 Å². The fourth-order valence-corrected chi connectivity index (χ4v) is 1.96. The molecule has 0 heterocycles. The maximum Gasteiger partial charge on any atom is 0.169 e. The fraction of sp³-hybridized carbons (Fsp3) is 0.278. The van der Waals surface area contributed by atoms with Gasteiger partial charge in [0.25, 0.3) is 0 Å². The normalized spacial score (nSPS) is 10.2. The number of Topliss-reactive ketones (excluding diaryl/α,β-unsaturated/α-hetero) is 1. The van der Waals surface area contributed by atoms with Gasteiger partial charge in [-0.2, -0.15) is 0 Å². The Balaban J connectivity index is 2.28. The average molecular weight is 284 g/mol. The summed E-state index contributed by atoms with van der Waals surface area (Å²) in [6.07, 6.45) is 1.38. The van der Waals surface area contributed by atoms with Crippen molar-refractivity contribution < 1.29 is 14.3 Å². The lowest BCUT2D eigenvalue weighted by Gasteiger charge is -2.13. The minimum atomic E-state index is 0.0672. The van der Waals surface area contributed by atoms with Gasteiger partial charge in [-0.15, -0.1) is 0 Å². The number of benzene rings is 2. The Labute approximate surface area is 125 Å². The molecule has 0 fully saturated rings. The molecule has 0 radical (unpaired) electrons. The van der Waals surface area contributed by atoms with E-state index in [-0.39, 0.29) is 5.78 Å². The van der Waals surface area contributed by atoms with Crippen LogP contribution in [0.2, 0.25) is 0 Å². The molecule has 2 rings (SSSR count). The summed E-state index contributed by atoms with van der Waals surface area (Å²) in [7, 11) is 0. The minimum absolute atomic E-state index is 0.0672. The molecule has 0 spiro atoms. The van der Waals surface area contributed by atoms with Crippen LogP contribution in [0.4, 0.5) is 0 Å². The third-order valence-electron chi connectivity index (χ3n) is 3.04. The van der Waals surface area contributed by atoms with Crippen LogP contribution in [0, 0.1) is 0 Å². The number of carbonyl (C=O) groups excluding carboxylic acids is 1. The van der Waals surface area contributed by atoms with Crippen molar-refractivity contribution in [3.8, 4) is 17.2 Å². The van der Waals surface area contributed by atoms with Crippen LogP contribution in [-0.2, 0) is 0 Å². The number of hydrogen-bond donors (Lipinski definition) is 0. The van der Waals surface area contributed by atoms with Gasteiger partial charge in [-0.05, 0) is 30.7 Å². The third-order valence-corrected chi connectivity index (χ3v) is 3.04. The number of rotatable bonds is 7. The van der Waals surface area contributed by atoms with Gasteiger partial charge in [-0.1, -0.05) is 38.1 Å². The van der Waals surface area contributed by atoms with Crippen molar-refractivity contribution in [3.63, 3.8) is 0 Å². The molecule has 0 saturated heterocycles. The molecule has 0 atom stereocenters. The third kappa shape index (κ3) is 3.85. The molecule has 0 aliphatic carbocycles.